The third-order valence-corrected chi connectivity index (χ3v) is 5.57. The first-order valence-corrected chi connectivity index (χ1v) is 9.16. The second-order valence-electron chi connectivity index (χ2n) is 7.25. The number of likely N-dealkylation sites (tertiary alicyclic amines) is 1. The molecule has 0 radical (unpaired) electrons. The largest absolute Gasteiger partial charge is 0.371 e. The van der Waals surface area contributed by atoms with Gasteiger partial charge in [-0.05, 0) is 37.8 Å². The van der Waals surface area contributed by atoms with Crippen LogP contribution >= 0.6 is 0 Å². The first-order chi connectivity index (χ1) is 11.7. The van der Waals surface area contributed by atoms with E-state index < -0.39 is 0 Å². The van der Waals surface area contributed by atoms with Crippen LogP contribution in [-0.4, -0.2) is 48.9 Å². The molecule has 128 valence electrons. The van der Waals surface area contributed by atoms with Crippen molar-refractivity contribution in [1.82, 2.24) is 10.2 Å². The molecule has 1 N–H and O–H groups in total. The predicted molar refractivity (Wildman–Crippen MR) is 93.1 cm³/mol. The van der Waals surface area contributed by atoms with E-state index in [2.05, 4.69) is 16.3 Å². The van der Waals surface area contributed by atoms with Crippen molar-refractivity contribution in [3.63, 3.8) is 0 Å². The molecule has 5 nitrogen and oxygen atoms in total. The number of nitrogens with one attached hydrogen (secondary N) is 1. The smallest absolute Gasteiger partial charge is 0.256 e. The van der Waals surface area contributed by atoms with Crippen molar-refractivity contribution in [1.29, 1.82) is 0 Å². The average Bonchev–Trinajstić information content (AvgIpc) is 2.99. The van der Waals surface area contributed by atoms with E-state index in [9.17, 15) is 9.59 Å². The van der Waals surface area contributed by atoms with E-state index in [0.717, 1.165) is 43.6 Å². The highest BCUT2D eigenvalue weighted by Gasteiger charge is 2.35. The van der Waals surface area contributed by atoms with Gasteiger partial charge in [0.05, 0.1) is 11.5 Å². The zero-order chi connectivity index (χ0) is 16.5. The number of rotatable bonds is 2. The standard InChI is InChI=1S/C19H25N3O2/c23-18-14-6-5-7-15(20-18)13-22(12-14)19(24)16-8-1-2-9-17(16)21-10-3-4-11-21/h1-2,8-9,14-15H,3-7,10-13H2,(H,20,23)/t14-,15+/m1/s1. The van der Waals surface area contributed by atoms with Crippen LogP contribution in [0.3, 0.4) is 0 Å². The molecule has 3 heterocycles. The minimum atomic E-state index is -0.0552. The van der Waals surface area contributed by atoms with Crippen LogP contribution in [0.5, 0.6) is 0 Å². The first-order valence-electron chi connectivity index (χ1n) is 9.16. The van der Waals surface area contributed by atoms with Gasteiger partial charge in [-0.25, -0.2) is 0 Å². The average molecular weight is 327 g/mol. The summed E-state index contributed by atoms with van der Waals surface area (Å²) in [6.45, 7) is 3.23. The normalized spacial score (nSPS) is 26.9. The number of hydrogen-bond donors (Lipinski definition) is 1. The van der Waals surface area contributed by atoms with Crippen LogP contribution in [0.15, 0.2) is 24.3 Å². The first kappa shape index (κ1) is 15.5. The van der Waals surface area contributed by atoms with Crippen molar-refractivity contribution < 1.29 is 9.59 Å². The molecular weight excluding hydrogens is 302 g/mol. The molecule has 3 aliphatic heterocycles. The molecule has 0 aromatic heterocycles. The fourth-order valence-corrected chi connectivity index (χ4v) is 4.28. The molecule has 0 aliphatic carbocycles. The summed E-state index contributed by atoms with van der Waals surface area (Å²) in [5.41, 5.74) is 1.83. The lowest BCUT2D eigenvalue weighted by Gasteiger charge is -2.29. The van der Waals surface area contributed by atoms with Crippen molar-refractivity contribution in [3.8, 4) is 0 Å². The number of anilines is 1. The Labute approximate surface area is 143 Å². The molecule has 3 fully saturated rings. The summed E-state index contributed by atoms with van der Waals surface area (Å²) in [4.78, 5) is 29.7. The Kier molecular flexibility index (Phi) is 4.17. The summed E-state index contributed by atoms with van der Waals surface area (Å²) in [7, 11) is 0. The predicted octanol–water partition coefficient (Wildman–Crippen LogP) is 2.03. The van der Waals surface area contributed by atoms with Gasteiger partial charge in [0, 0.05) is 37.9 Å². The van der Waals surface area contributed by atoms with Gasteiger partial charge in [0.2, 0.25) is 5.91 Å². The Morgan fingerprint density at radius 2 is 1.83 bits per heavy atom. The topological polar surface area (TPSA) is 52.7 Å². The lowest BCUT2D eigenvalue weighted by Crippen LogP contribution is -2.42. The third kappa shape index (κ3) is 2.87. The van der Waals surface area contributed by atoms with Gasteiger partial charge in [0.1, 0.15) is 0 Å². The van der Waals surface area contributed by atoms with Crippen molar-refractivity contribution in [3.05, 3.63) is 29.8 Å². The van der Waals surface area contributed by atoms with Gasteiger partial charge >= 0.3 is 0 Å². The highest BCUT2D eigenvalue weighted by molar-refractivity contribution is 6.00. The van der Waals surface area contributed by atoms with E-state index >= 15 is 0 Å². The zero-order valence-electron chi connectivity index (χ0n) is 14.0. The van der Waals surface area contributed by atoms with Gasteiger partial charge in [-0.3, -0.25) is 9.59 Å². The van der Waals surface area contributed by atoms with E-state index in [1.165, 1.54) is 12.8 Å². The van der Waals surface area contributed by atoms with Crippen LogP contribution in [-0.2, 0) is 4.79 Å². The second kappa shape index (κ2) is 6.46. The molecule has 2 amide bonds. The quantitative estimate of drug-likeness (QED) is 0.904. The number of amides is 2. The summed E-state index contributed by atoms with van der Waals surface area (Å²) in [6.07, 6.45) is 5.31. The van der Waals surface area contributed by atoms with Gasteiger partial charge in [0.25, 0.3) is 5.91 Å². The summed E-state index contributed by atoms with van der Waals surface area (Å²) >= 11 is 0. The van der Waals surface area contributed by atoms with Gasteiger partial charge in [0.15, 0.2) is 0 Å². The van der Waals surface area contributed by atoms with Gasteiger partial charge < -0.3 is 15.1 Å². The monoisotopic (exact) mass is 327 g/mol. The number of para-hydroxylation sites is 1. The van der Waals surface area contributed by atoms with E-state index in [1.54, 1.807) is 0 Å². The van der Waals surface area contributed by atoms with Crippen LogP contribution in [0.2, 0.25) is 0 Å². The minimum Gasteiger partial charge on any atom is -0.371 e. The Morgan fingerprint density at radius 3 is 2.67 bits per heavy atom. The molecule has 0 saturated carbocycles. The van der Waals surface area contributed by atoms with Crippen molar-refractivity contribution in [2.45, 2.75) is 38.1 Å². The van der Waals surface area contributed by atoms with Gasteiger partial charge in [-0.2, -0.15) is 0 Å². The molecule has 3 saturated heterocycles. The molecule has 3 aliphatic rings. The van der Waals surface area contributed by atoms with E-state index in [4.69, 9.17) is 0 Å². The van der Waals surface area contributed by atoms with Crippen molar-refractivity contribution in [2.24, 2.45) is 5.92 Å². The van der Waals surface area contributed by atoms with Gasteiger partial charge in [-0.1, -0.05) is 18.6 Å². The summed E-state index contributed by atoms with van der Waals surface area (Å²) in [5.74, 6) is 0.145. The fraction of sp³-hybridized carbons (Fsp3) is 0.579. The maximum absolute atomic E-state index is 13.2. The molecule has 4 rings (SSSR count). The number of carbonyl (C=O) groups is 2. The second-order valence-corrected chi connectivity index (χ2v) is 7.25. The Hall–Kier alpha value is -2.04. The summed E-state index contributed by atoms with van der Waals surface area (Å²) < 4.78 is 0. The van der Waals surface area contributed by atoms with Crippen molar-refractivity contribution in [2.75, 3.05) is 31.1 Å². The van der Waals surface area contributed by atoms with Crippen LogP contribution in [0, 0.1) is 5.92 Å². The Morgan fingerprint density at radius 1 is 1.04 bits per heavy atom. The van der Waals surface area contributed by atoms with Crippen LogP contribution in [0.1, 0.15) is 42.5 Å². The van der Waals surface area contributed by atoms with Crippen LogP contribution in [0.25, 0.3) is 0 Å². The van der Waals surface area contributed by atoms with Crippen molar-refractivity contribution >= 4 is 17.5 Å². The Balaban J connectivity index is 1.61. The summed E-state index contributed by atoms with van der Waals surface area (Å²) in [6, 6.07) is 8.04. The molecule has 1 aromatic rings. The molecule has 2 bridgehead atoms. The zero-order valence-corrected chi connectivity index (χ0v) is 14.0. The number of benzene rings is 1. The SMILES string of the molecule is O=C1N[C@H]2CCC[C@@H]1CN(C(=O)c1ccccc1N1CCCC1)C2. The molecule has 24 heavy (non-hydrogen) atoms. The molecule has 0 spiro atoms. The maximum atomic E-state index is 13.2. The molecule has 2 atom stereocenters. The summed E-state index contributed by atoms with van der Waals surface area (Å²) in [5, 5.41) is 3.10. The lowest BCUT2D eigenvalue weighted by atomic mass is 9.98. The highest BCUT2D eigenvalue weighted by Crippen LogP contribution is 2.28. The van der Waals surface area contributed by atoms with E-state index in [1.807, 2.05) is 23.1 Å². The van der Waals surface area contributed by atoms with E-state index in [0.29, 0.717) is 13.1 Å². The highest BCUT2D eigenvalue weighted by atomic mass is 16.2. The minimum absolute atomic E-state index is 0.0552. The van der Waals surface area contributed by atoms with Gasteiger partial charge in [-0.15, -0.1) is 0 Å². The van der Waals surface area contributed by atoms with Crippen LogP contribution < -0.4 is 10.2 Å². The number of fused-ring (bicyclic) bond motifs is 3. The Bertz CT molecular complexity index is 639. The number of nitrogens with zero attached hydrogens (tertiary/aromatic N) is 2. The molecule has 1 aromatic carbocycles. The fourth-order valence-electron chi connectivity index (χ4n) is 4.28. The lowest BCUT2D eigenvalue weighted by molar-refractivity contribution is -0.124. The molecule has 0 unspecified atom stereocenters. The van der Waals surface area contributed by atoms with Crippen LogP contribution in [0.4, 0.5) is 5.69 Å². The number of carbonyl (C=O) groups excluding carboxylic acids is 2. The molecular formula is C19H25N3O2. The maximum Gasteiger partial charge on any atom is 0.256 e. The number of hydrogen-bond acceptors (Lipinski definition) is 3. The molecule has 5 heteroatoms. The third-order valence-electron chi connectivity index (χ3n) is 5.57. The van der Waals surface area contributed by atoms with E-state index in [-0.39, 0.29) is 23.8 Å².